The third kappa shape index (κ3) is 5.99. The van der Waals surface area contributed by atoms with Gasteiger partial charge in [0.1, 0.15) is 5.82 Å². The summed E-state index contributed by atoms with van der Waals surface area (Å²) in [4.78, 5) is 32.2. The fraction of sp³-hybridized carbons (Fsp3) is 0.444. The zero-order valence-corrected chi connectivity index (χ0v) is 20.4. The summed E-state index contributed by atoms with van der Waals surface area (Å²) in [5.41, 5.74) is 2.64. The number of amides is 1. The van der Waals surface area contributed by atoms with E-state index >= 15 is 0 Å². The summed E-state index contributed by atoms with van der Waals surface area (Å²) in [7, 11) is 0. The molecule has 174 valence electrons. The van der Waals surface area contributed by atoms with Crippen molar-refractivity contribution in [1.29, 1.82) is 0 Å². The van der Waals surface area contributed by atoms with Gasteiger partial charge in [-0.15, -0.1) is 11.3 Å². The summed E-state index contributed by atoms with van der Waals surface area (Å²) >= 11 is 1.47. The molecule has 0 saturated carbocycles. The molecule has 1 aromatic carbocycles. The Morgan fingerprint density at radius 2 is 1.85 bits per heavy atom. The highest BCUT2D eigenvalue weighted by molar-refractivity contribution is 7.12. The van der Waals surface area contributed by atoms with Crippen LogP contribution in [0.5, 0.6) is 0 Å². The van der Waals surface area contributed by atoms with Gasteiger partial charge >= 0.3 is 0 Å². The van der Waals surface area contributed by atoms with E-state index in [0.717, 1.165) is 43.2 Å². The van der Waals surface area contributed by atoms with E-state index < -0.39 is 0 Å². The molecule has 1 aliphatic rings. The fourth-order valence-corrected chi connectivity index (χ4v) is 5.22. The number of rotatable bonds is 9. The molecular formula is C27H33N3O2S. The van der Waals surface area contributed by atoms with Crippen molar-refractivity contribution in [2.75, 3.05) is 13.1 Å². The van der Waals surface area contributed by atoms with Crippen molar-refractivity contribution in [1.82, 2.24) is 14.5 Å². The highest BCUT2D eigenvalue weighted by atomic mass is 32.1. The Bertz CT molecular complexity index is 1050. The van der Waals surface area contributed by atoms with Crippen LogP contribution in [0.2, 0.25) is 0 Å². The Balaban J connectivity index is 1.25. The third-order valence-electron chi connectivity index (χ3n) is 6.55. The molecule has 5 nitrogen and oxygen atoms in total. The zero-order chi connectivity index (χ0) is 23.2. The van der Waals surface area contributed by atoms with Gasteiger partial charge in [0, 0.05) is 50.8 Å². The zero-order valence-electron chi connectivity index (χ0n) is 19.6. The highest BCUT2D eigenvalue weighted by Gasteiger charge is 2.26. The van der Waals surface area contributed by atoms with Crippen molar-refractivity contribution in [3.8, 4) is 0 Å². The first kappa shape index (κ1) is 23.4. The van der Waals surface area contributed by atoms with Crippen molar-refractivity contribution in [3.05, 3.63) is 76.0 Å². The molecule has 0 atom stereocenters. The van der Waals surface area contributed by atoms with Crippen molar-refractivity contribution in [3.63, 3.8) is 0 Å². The van der Waals surface area contributed by atoms with Crippen LogP contribution in [0.4, 0.5) is 0 Å². The van der Waals surface area contributed by atoms with Crippen LogP contribution < -0.4 is 0 Å². The van der Waals surface area contributed by atoms with Gasteiger partial charge in [-0.3, -0.25) is 9.59 Å². The Morgan fingerprint density at radius 3 is 2.52 bits per heavy atom. The van der Waals surface area contributed by atoms with E-state index in [2.05, 4.69) is 53.9 Å². The standard InChI is InChI=1S/C27H33N3O2S/c1-20(2)22-10-8-21(9-11-22)19-30-17-14-28-27(30)23-12-15-29(16-13-23)26(32)7-3-5-24(31)25-6-4-18-33-25/h4,6,8-11,14,17-18,20,23H,3,5,7,12-13,15-16,19H2,1-2H3. The van der Waals surface area contributed by atoms with Crippen LogP contribution in [0.3, 0.4) is 0 Å². The molecule has 0 N–H and O–H groups in total. The number of thiophene rings is 1. The van der Waals surface area contributed by atoms with Gasteiger partial charge in [0.2, 0.25) is 5.91 Å². The van der Waals surface area contributed by atoms with Crippen LogP contribution in [0.15, 0.2) is 54.2 Å². The van der Waals surface area contributed by atoms with Crippen LogP contribution in [0.25, 0.3) is 0 Å². The van der Waals surface area contributed by atoms with Crippen molar-refractivity contribution in [2.45, 2.75) is 64.3 Å². The predicted octanol–water partition coefficient (Wildman–Crippen LogP) is 5.88. The minimum absolute atomic E-state index is 0.141. The number of piperidine rings is 1. The van der Waals surface area contributed by atoms with Crippen LogP contribution in [-0.2, 0) is 11.3 Å². The molecule has 1 aliphatic heterocycles. The van der Waals surface area contributed by atoms with Crippen LogP contribution >= 0.6 is 11.3 Å². The predicted molar refractivity (Wildman–Crippen MR) is 133 cm³/mol. The molecule has 3 heterocycles. The Hall–Kier alpha value is -2.73. The maximum atomic E-state index is 12.6. The number of hydrogen-bond acceptors (Lipinski definition) is 4. The van der Waals surface area contributed by atoms with E-state index in [1.54, 1.807) is 0 Å². The Kier molecular flexibility index (Phi) is 7.76. The van der Waals surface area contributed by atoms with E-state index in [1.165, 1.54) is 22.5 Å². The highest BCUT2D eigenvalue weighted by Crippen LogP contribution is 2.28. The van der Waals surface area contributed by atoms with Gasteiger partial charge in [-0.1, -0.05) is 44.2 Å². The SMILES string of the molecule is CC(C)c1ccc(Cn2ccnc2C2CCN(C(=O)CCCC(=O)c3cccs3)CC2)cc1. The minimum atomic E-state index is 0.141. The smallest absolute Gasteiger partial charge is 0.222 e. The Labute approximate surface area is 200 Å². The first-order valence-corrected chi connectivity index (χ1v) is 12.8. The molecular weight excluding hydrogens is 430 g/mol. The summed E-state index contributed by atoms with van der Waals surface area (Å²) < 4.78 is 2.25. The lowest BCUT2D eigenvalue weighted by Crippen LogP contribution is -2.38. The van der Waals surface area contributed by atoms with Crippen LogP contribution in [0, 0.1) is 0 Å². The fourth-order valence-electron chi connectivity index (χ4n) is 4.52. The number of likely N-dealkylation sites (tertiary alicyclic amines) is 1. The number of hydrogen-bond donors (Lipinski definition) is 0. The summed E-state index contributed by atoms with van der Waals surface area (Å²) in [5, 5.41) is 1.91. The summed E-state index contributed by atoms with van der Waals surface area (Å²) in [6.07, 6.45) is 7.33. The van der Waals surface area contributed by atoms with Gasteiger partial charge in [-0.25, -0.2) is 4.98 Å². The molecule has 0 aliphatic carbocycles. The quantitative estimate of drug-likeness (QED) is 0.373. The largest absolute Gasteiger partial charge is 0.343 e. The number of ketones is 1. The lowest BCUT2D eigenvalue weighted by molar-refractivity contribution is -0.132. The second kappa shape index (κ2) is 10.9. The Morgan fingerprint density at radius 1 is 1.09 bits per heavy atom. The topological polar surface area (TPSA) is 55.2 Å². The number of carbonyl (C=O) groups excluding carboxylic acids is 2. The van der Waals surface area contributed by atoms with E-state index in [-0.39, 0.29) is 11.7 Å². The maximum Gasteiger partial charge on any atom is 0.222 e. The van der Waals surface area contributed by atoms with Crippen LogP contribution in [0.1, 0.15) is 84.4 Å². The van der Waals surface area contributed by atoms with Crippen molar-refractivity contribution in [2.24, 2.45) is 0 Å². The molecule has 4 rings (SSSR count). The molecule has 0 radical (unpaired) electrons. The normalized spacial score (nSPS) is 14.7. The molecule has 2 aromatic heterocycles. The lowest BCUT2D eigenvalue weighted by atomic mass is 9.95. The molecule has 33 heavy (non-hydrogen) atoms. The number of benzene rings is 1. The van der Waals surface area contributed by atoms with Crippen molar-refractivity contribution >= 4 is 23.0 Å². The number of aromatic nitrogens is 2. The number of Topliss-reactive ketones (excluding diaryl/α,β-unsaturated/α-hetero) is 1. The van der Waals surface area contributed by atoms with E-state index in [9.17, 15) is 9.59 Å². The average molecular weight is 464 g/mol. The first-order chi connectivity index (χ1) is 16.0. The van der Waals surface area contributed by atoms with Gasteiger partial charge in [0.25, 0.3) is 0 Å². The molecule has 0 spiro atoms. The van der Waals surface area contributed by atoms with Gasteiger partial charge < -0.3 is 9.47 Å². The maximum absolute atomic E-state index is 12.6. The van der Waals surface area contributed by atoms with Gasteiger partial charge in [0.15, 0.2) is 5.78 Å². The first-order valence-electron chi connectivity index (χ1n) is 12.0. The summed E-state index contributed by atoms with van der Waals surface area (Å²) in [5.74, 6) is 2.34. The van der Waals surface area contributed by atoms with Crippen molar-refractivity contribution < 1.29 is 9.59 Å². The second-order valence-electron chi connectivity index (χ2n) is 9.22. The minimum Gasteiger partial charge on any atom is -0.343 e. The lowest BCUT2D eigenvalue weighted by Gasteiger charge is -2.32. The van der Waals surface area contributed by atoms with E-state index in [4.69, 9.17) is 0 Å². The van der Waals surface area contributed by atoms with E-state index in [1.807, 2.05) is 28.6 Å². The molecule has 3 aromatic rings. The molecule has 0 unspecified atom stereocenters. The molecule has 1 saturated heterocycles. The van der Waals surface area contributed by atoms with Crippen LogP contribution in [-0.4, -0.2) is 39.2 Å². The van der Waals surface area contributed by atoms with Gasteiger partial charge in [-0.2, -0.15) is 0 Å². The summed E-state index contributed by atoms with van der Waals surface area (Å²) in [6, 6.07) is 12.6. The second-order valence-corrected chi connectivity index (χ2v) is 10.2. The monoisotopic (exact) mass is 463 g/mol. The van der Waals surface area contributed by atoms with Gasteiger partial charge in [-0.05, 0) is 47.8 Å². The summed E-state index contributed by atoms with van der Waals surface area (Å²) in [6.45, 7) is 6.78. The molecule has 0 bridgehead atoms. The molecule has 1 amide bonds. The molecule has 6 heteroatoms. The number of imidazole rings is 1. The average Bonchev–Trinajstić information content (AvgIpc) is 3.52. The molecule has 1 fully saturated rings. The number of nitrogens with zero attached hydrogens (tertiary/aromatic N) is 3. The van der Waals surface area contributed by atoms with Gasteiger partial charge in [0.05, 0.1) is 4.88 Å². The third-order valence-corrected chi connectivity index (χ3v) is 7.46. The van der Waals surface area contributed by atoms with E-state index in [0.29, 0.717) is 31.1 Å². The number of carbonyl (C=O) groups is 2.